The Kier molecular flexibility index (Phi) is 9.81. The van der Waals surface area contributed by atoms with E-state index in [0.717, 1.165) is 34.2 Å². The number of hydrogen-bond donors (Lipinski definition) is 2. The Balaban J connectivity index is 1.27. The fourth-order valence-electron chi connectivity index (χ4n) is 8.93. The summed E-state index contributed by atoms with van der Waals surface area (Å²) >= 11 is 6.65. The maximum Gasteiger partial charge on any atom is 0.293 e. The van der Waals surface area contributed by atoms with Gasteiger partial charge in [0, 0.05) is 49.3 Å². The van der Waals surface area contributed by atoms with Crippen molar-refractivity contribution in [2.75, 3.05) is 11.0 Å². The minimum Gasteiger partial charge on any atom is -0.344 e. The molecule has 0 bridgehead atoms. The number of aryl methyl sites for hydroxylation is 3. The van der Waals surface area contributed by atoms with Crippen LogP contribution in [0.4, 0.5) is 32.2 Å². The molecule has 3 aromatic carbocycles. The van der Waals surface area contributed by atoms with E-state index in [-0.39, 0.29) is 61.7 Å². The number of hydrogen-bond acceptors (Lipinski definition) is 8. The Bertz CT molecular complexity index is 3250. The number of carbonyl (C=O) groups is 1. The summed E-state index contributed by atoms with van der Waals surface area (Å²) in [6.45, 7) is 2.68. The number of nitrogens with zero attached hydrogens (tertiary/aromatic N) is 8. The second-order valence-corrected chi connectivity index (χ2v) is 18.1. The maximum absolute atomic E-state index is 15.6. The van der Waals surface area contributed by atoms with E-state index >= 15 is 13.6 Å². The molecular formula is C41H35ClF6N10O4S. The van der Waals surface area contributed by atoms with Crippen molar-refractivity contribution in [1.29, 1.82) is 0 Å². The first-order chi connectivity index (χ1) is 29.6. The first-order valence-corrected chi connectivity index (χ1v) is 21.6. The molecular weight excluding hydrogens is 878 g/mol. The number of alkyl halides is 4. The van der Waals surface area contributed by atoms with Gasteiger partial charge in [0.05, 0.1) is 50.5 Å². The lowest BCUT2D eigenvalue weighted by molar-refractivity contribution is -0.123. The minimum atomic E-state index is -3.91. The third kappa shape index (κ3) is 7.10. The number of rotatable bonds is 11. The fourth-order valence-corrected chi connectivity index (χ4v) is 9.66. The molecule has 1 saturated carbocycles. The van der Waals surface area contributed by atoms with Crippen LogP contribution in [0.2, 0.25) is 5.02 Å². The van der Waals surface area contributed by atoms with Gasteiger partial charge in [-0.15, -0.1) is 0 Å². The Hall–Kier alpha value is -6.22. The van der Waals surface area contributed by atoms with Gasteiger partial charge >= 0.3 is 0 Å². The van der Waals surface area contributed by atoms with Crippen molar-refractivity contribution in [3.63, 3.8) is 0 Å². The monoisotopic (exact) mass is 912 g/mol. The number of carbonyl (C=O) groups excluding carboxylic acids is 1. The Morgan fingerprint density at radius 3 is 2.37 bits per heavy atom. The number of anilines is 1. The van der Waals surface area contributed by atoms with E-state index in [2.05, 4.69) is 25.3 Å². The molecule has 2 aliphatic carbocycles. The molecule has 0 spiro atoms. The fraction of sp³-hybridized carbons (Fsp3) is 0.317. The highest BCUT2D eigenvalue weighted by Gasteiger charge is 2.67. The molecule has 1 fully saturated rings. The van der Waals surface area contributed by atoms with Gasteiger partial charge in [0.15, 0.2) is 5.82 Å². The Morgan fingerprint density at radius 2 is 1.71 bits per heavy atom. The van der Waals surface area contributed by atoms with E-state index in [9.17, 15) is 30.8 Å². The van der Waals surface area contributed by atoms with Gasteiger partial charge in [-0.1, -0.05) is 17.7 Å². The van der Waals surface area contributed by atoms with Crippen molar-refractivity contribution in [2.45, 2.75) is 57.5 Å². The minimum absolute atomic E-state index is 0.00286. The van der Waals surface area contributed by atoms with Crippen LogP contribution in [0.25, 0.3) is 38.6 Å². The molecule has 2 aliphatic rings. The van der Waals surface area contributed by atoms with Gasteiger partial charge in [0.25, 0.3) is 17.9 Å². The lowest BCUT2D eigenvalue weighted by atomic mass is 10.0. The molecule has 3 atom stereocenters. The van der Waals surface area contributed by atoms with E-state index in [1.165, 1.54) is 29.9 Å². The molecule has 7 aromatic rings. The maximum atomic E-state index is 15.6. The summed E-state index contributed by atoms with van der Waals surface area (Å²) in [4.78, 5) is 34.2. The van der Waals surface area contributed by atoms with Crippen LogP contribution in [0.5, 0.6) is 0 Å². The van der Waals surface area contributed by atoms with E-state index in [1.807, 2.05) is 6.92 Å². The van der Waals surface area contributed by atoms with Gasteiger partial charge in [-0.05, 0) is 73.7 Å². The van der Waals surface area contributed by atoms with Crippen molar-refractivity contribution in [3.8, 4) is 16.8 Å². The summed E-state index contributed by atoms with van der Waals surface area (Å²) in [6, 6.07) is 8.78. The number of fused-ring (bicyclic) bond motifs is 5. The number of nitrogens with one attached hydrogen (secondary N) is 2. The van der Waals surface area contributed by atoms with Crippen LogP contribution >= 0.6 is 11.6 Å². The summed E-state index contributed by atoms with van der Waals surface area (Å²) in [5.41, 5.74) is 0.409. The molecule has 9 rings (SSSR count). The predicted octanol–water partition coefficient (Wildman–Crippen LogP) is 7.04. The molecule has 0 saturated heterocycles. The molecule has 4 aromatic heterocycles. The SMILES string of the molecule is Cc1nn(C)c(C)c1-c1ccc2c(=O)n(-c3ccc(Cl)c4c(NS(C)(=O)=O)nn(C)c34)c([C@H](Cc3cc(F)cc(F)c3)NC(=O)Cn3nc(C(F)F)c4c3C(F)(F)[C@@H]3C[C@H]43)nc2c1. The molecule has 63 heavy (non-hydrogen) atoms. The van der Waals surface area contributed by atoms with Gasteiger partial charge in [0.2, 0.25) is 15.9 Å². The molecule has 1 amide bonds. The Labute approximate surface area is 358 Å². The summed E-state index contributed by atoms with van der Waals surface area (Å²) < 4.78 is 121. The summed E-state index contributed by atoms with van der Waals surface area (Å²) in [6.07, 6.45) is -2.76. The summed E-state index contributed by atoms with van der Waals surface area (Å²) in [5, 5.41) is 15.4. The smallest absolute Gasteiger partial charge is 0.293 e. The highest BCUT2D eigenvalue weighted by Crippen LogP contribution is 2.68. The van der Waals surface area contributed by atoms with Crippen molar-refractivity contribution in [2.24, 2.45) is 20.0 Å². The zero-order chi connectivity index (χ0) is 45.2. The van der Waals surface area contributed by atoms with Crippen LogP contribution in [0.15, 0.2) is 53.3 Å². The lowest BCUT2D eigenvalue weighted by Crippen LogP contribution is -2.38. The van der Waals surface area contributed by atoms with Crippen molar-refractivity contribution >= 4 is 55.2 Å². The van der Waals surface area contributed by atoms with E-state index in [0.29, 0.717) is 22.0 Å². The largest absolute Gasteiger partial charge is 0.344 e. The first-order valence-electron chi connectivity index (χ1n) is 19.3. The summed E-state index contributed by atoms with van der Waals surface area (Å²) in [7, 11) is -0.683. The number of sulfonamides is 1. The first kappa shape index (κ1) is 42.1. The van der Waals surface area contributed by atoms with Gasteiger partial charge in [-0.25, -0.2) is 31.0 Å². The van der Waals surface area contributed by atoms with Crippen LogP contribution < -0.4 is 15.6 Å². The van der Waals surface area contributed by atoms with E-state index in [1.54, 1.807) is 30.8 Å². The molecule has 4 heterocycles. The van der Waals surface area contributed by atoms with Gasteiger partial charge < -0.3 is 5.32 Å². The van der Waals surface area contributed by atoms with Gasteiger partial charge in [-0.3, -0.25) is 32.9 Å². The molecule has 0 aliphatic heterocycles. The molecule has 0 radical (unpaired) electrons. The number of amides is 1. The standard InChI is InChI=1S/C41H35ClF6N10O4S/c1-17-31(18(2)55(3)51-17)20-6-7-23-27(13-20)50-39(58(40(23)60)29-9-8-26(42)33-35(29)56(4)53-38(33)54-63(5,61)62)28(12-19-10-21(43)14-22(44)11-19)49-30(59)16-57-36-32(34(52-57)37(45)46)24-15-25(24)41(36,47)48/h6-11,13-14,24-25,28,37H,12,15-16H2,1-5H3,(H,49,59)(H,53,54)/t24-,25+,28-/m0/s1. The predicted molar refractivity (Wildman–Crippen MR) is 220 cm³/mol. The van der Waals surface area contributed by atoms with Crippen LogP contribution in [-0.4, -0.2) is 59.5 Å². The second kappa shape index (κ2) is 14.7. The lowest BCUT2D eigenvalue weighted by Gasteiger charge is -2.24. The third-order valence-electron chi connectivity index (χ3n) is 11.6. The Morgan fingerprint density at radius 1 is 1.00 bits per heavy atom. The number of halogens is 7. The molecule has 328 valence electrons. The molecule has 2 N–H and O–H groups in total. The molecule has 14 nitrogen and oxygen atoms in total. The van der Waals surface area contributed by atoms with E-state index in [4.69, 9.17) is 16.6 Å². The van der Waals surface area contributed by atoms with Crippen LogP contribution in [0, 0.1) is 31.4 Å². The van der Waals surface area contributed by atoms with E-state index < -0.39 is 87.7 Å². The average Bonchev–Trinajstić information content (AvgIpc) is 3.61. The molecule has 0 unspecified atom stereocenters. The van der Waals surface area contributed by atoms with Crippen molar-refractivity contribution < 1.29 is 39.6 Å². The molecule has 22 heteroatoms. The normalized spacial score (nSPS) is 17.1. The van der Waals surface area contributed by atoms with Crippen molar-refractivity contribution in [3.05, 3.63) is 115 Å². The van der Waals surface area contributed by atoms with Crippen LogP contribution in [0.3, 0.4) is 0 Å². The second-order valence-electron chi connectivity index (χ2n) is 15.9. The van der Waals surface area contributed by atoms with Crippen molar-refractivity contribution in [1.82, 2.24) is 44.2 Å². The average molecular weight is 913 g/mol. The quantitative estimate of drug-likeness (QED) is 0.131. The number of aromatic nitrogens is 8. The number of benzene rings is 3. The third-order valence-corrected chi connectivity index (χ3v) is 12.5. The zero-order valence-electron chi connectivity index (χ0n) is 33.8. The van der Waals surface area contributed by atoms with Gasteiger partial charge in [0.1, 0.15) is 35.4 Å². The van der Waals surface area contributed by atoms with Crippen LogP contribution in [0.1, 0.15) is 64.5 Å². The highest BCUT2D eigenvalue weighted by molar-refractivity contribution is 7.92. The zero-order valence-corrected chi connectivity index (χ0v) is 35.4. The summed E-state index contributed by atoms with van der Waals surface area (Å²) in [5.74, 6) is -8.99. The highest BCUT2D eigenvalue weighted by atomic mass is 35.5. The van der Waals surface area contributed by atoms with Gasteiger partial charge in [-0.2, -0.15) is 24.1 Å². The van der Waals surface area contributed by atoms with Crippen LogP contribution in [-0.2, 0) is 47.8 Å². The topological polar surface area (TPSA) is 164 Å².